The van der Waals surface area contributed by atoms with E-state index < -0.39 is 0 Å². The van der Waals surface area contributed by atoms with Gasteiger partial charge in [-0.25, -0.2) is 0 Å². The summed E-state index contributed by atoms with van der Waals surface area (Å²) in [4.78, 5) is 0. The Morgan fingerprint density at radius 1 is 1.50 bits per heavy atom. The zero-order chi connectivity index (χ0) is 8.55. The van der Waals surface area contributed by atoms with Crippen LogP contribution in [-0.4, -0.2) is 12.6 Å². The Balaban J connectivity index is 2.37. The summed E-state index contributed by atoms with van der Waals surface area (Å²) >= 11 is 5.80. The lowest BCUT2D eigenvalue weighted by molar-refractivity contribution is 0.263. The molecule has 0 radical (unpaired) electrons. The number of rotatable bonds is 0. The highest BCUT2D eigenvalue weighted by Crippen LogP contribution is 2.27. The van der Waals surface area contributed by atoms with Crippen LogP contribution in [-0.2, 0) is 6.42 Å². The molecule has 0 unspecified atom stereocenters. The predicted molar refractivity (Wildman–Crippen MR) is 48.6 cm³/mol. The molecule has 1 aromatic rings. The highest BCUT2D eigenvalue weighted by atomic mass is 35.5. The van der Waals surface area contributed by atoms with Crippen molar-refractivity contribution in [3.8, 4) is 5.75 Å². The first-order valence-electron chi connectivity index (χ1n) is 3.92. The molecule has 12 heavy (non-hydrogen) atoms. The number of hydrogen-bond donors (Lipinski definition) is 1. The molecule has 2 rings (SSSR count). The number of fused-ring (bicyclic) bond motifs is 1. The molecule has 3 heteroatoms. The third kappa shape index (κ3) is 1.40. The van der Waals surface area contributed by atoms with Gasteiger partial charge >= 0.3 is 0 Å². The lowest BCUT2D eigenvalue weighted by atomic mass is 10.0. The van der Waals surface area contributed by atoms with E-state index in [9.17, 15) is 0 Å². The number of nitrogens with two attached hydrogens (primary N) is 1. The Hall–Kier alpha value is -0.730. The van der Waals surface area contributed by atoms with Crippen LogP contribution in [0.15, 0.2) is 18.2 Å². The maximum absolute atomic E-state index is 5.80. The van der Waals surface area contributed by atoms with Crippen molar-refractivity contribution in [3.05, 3.63) is 28.8 Å². The average Bonchev–Trinajstić information content (AvgIpc) is 2.05. The van der Waals surface area contributed by atoms with Crippen LogP contribution in [0.2, 0.25) is 5.02 Å². The number of benzene rings is 1. The summed E-state index contributed by atoms with van der Waals surface area (Å²) in [7, 11) is 0. The van der Waals surface area contributed by atoms with E-state index in [0.717, 1.165) is 17.7 Å². The Morgan fingerprint density at radius 2 is 2.33 bits per heavy atom. The fourth-order valence-electron chi connectivity index (χ4n) is 1.37. The normalized spacial score (nSPS) is 21.3. The van der Waals surface area contributed by atoms with Gasteiger partial charge in [-0.2, -0.15) is 0 Å². The number of halogens is 1. The van der Waals surface area contributed by atoms with Gasteiger partial charge in [0.15, 0.2) is 0 Å². The minimum Gasteiger partial charge on any atom is -0.492 e. The van der Waals surface area contributed by atoms with Crippen LogP contribution in [0, 0.1) is 0 Å². The van der Waals surface area contributed by atoms with E-state index >= 15 is 0 Å². The van der Waals surface area contributed by atoms with Gasteiger partial charge in [0, 0.05) is 11.1 Å². The molecule has 1 aliphatic heterocycles. The SMILES string of the molecule is N[C@H]1COc2cc(Cl)ccc2C1. The first-order valence-corrected chi connectivity index (χ1v) is 4.30. The molecule has 0 aromatic heterocycles. The first-order chi connectivity index (χ1) is 5.75. The standard InChI is InChI=1S/C9H10ClNO/c10-7-2-1-6-3-8(11)5-12-9(6)4-7/h1-2,4,8H,3,5,11H2/t8-/m1/s1. The Morgan fingerprint density at radius 3 is 3.17 bits per heavy atom. The largest absolute Gasteiger partial charge is 0.492 e. The summed E-state index contributed by atoms with van der Waals surface area (Å²) < 4.78 is 5.41. The minimum atomic E-state index is 0.124. The highest BCUT2D eigenvalue weighted by Gasteiger charge is 2.15. The number of ether oxygens (including phenoxy) is 1. The van der Waals surface area contributed by atoms with E-state index in [1.165, 1.54) is 0 Å². The molecule has 0 bridgehead atoms. The van der Waals surface area contributed by atoms with E-state index in [1.54, 1.807) is 0 Å². The van der Waals surface area contributed by atoms with Crippen LogP contribution >= 0.6 is 11.6 Å². The zero-order valence-corrected chi connectivity index (χ0v) is 7.34. The molecule has 1 heterocycles. The Bertz CT molecular complexity index is 301. The Labute approximate surface area is 76.3 Å². The van der Waals surface area contributed by atoms with Gasteiger partial charge in [-0.15, -0.1) is 0 Å². The second kappa shape index (κ2) is 2.96. The molecule has 0 saturated heterocycles. The molecule has 1 aliphatic rings. The topological polar surface area (TPSA) is 35.2 Å². The monoisotopic (exact) mass is 183 g/mol. The summed E-state index contributed by atoms with van der Waals surface area (Å²) in [5.74, 6) is 0.879. The van der Waals surface area contributed by atoms with Crippen LogP contribution in [0.4, 0.5) is 0 Å². The third-order valence-corrected chi connectivity index (χ3v) is 2.20. The Kier molecular flexibility index (Phi) is 1.95. The van der Waals surface area contributed by atoms with Crippen LogP contribution in [0.25, 0.3) is 0 Å². The van der Waals surface area contributed by atoms with E-state index in [4.69, 9.17) is 22.1 Å². The van der Waals surface area contributed by atoms with Gasteiger partial charge in [0.25, 0.3) is 0 Å². The van der Waals surface area contributed by atoms with Crippen LogP contribution in [0.1, 0.15) is 5.56 Å². The summed E-state index contributed by atoms with van der Waals surface area (Å²) in [6.45, 7) is 0.591. The minimum absolute atomic E-state index is 0.124. The van der Waals surface area contributed by atoms with Crippen molar-refractivity contribution in [2.45, 2.75) is 12.5 Å². The fourth-order valence-corrected chi connectivity index (χ4v) is 1.53. The van der Waals surface area contributed by atoms with Crippen LogP contribution in [0.3, 0.4) is 0 Å². The lowest BCUT2D eigenvalue weighted by Gasteiger charge is -2.22. The van der Waals surface area contributed by atoms with Gasteiger partial charge in [0.1, 0.15) is 12.4 Å². The molecule has 0 amide bonds. The van der Waals surface area contributed by atoms with Crippen molar-refractivity contribution in [1.29, 1.82) is 0 Å². The molecule has 0 fully saturated rings. The molecular formula is C9H10ClNO. The van der Waals surface area contributed by atoms with Gasteiger partial charge in [-0.3, -0.25) is 0 Å². The molecule has 0 aliphatic carbocycles. The lowest BCUT2D eigenvalue weighted by Crippen LogP contribution is -2.33. The maximum Gasteiger partial charge on any atom is 0.124 e. The average molecular weight is 184 g/mol. The van der Waals surface area contributed by atoms with Gasteiger partial charge < -0.3 is 10.5 Å². The third-order valence-electron chi connectivity index (χ3n) is 1.96. The van der Waals surface area contributed by atoms with Crippen molar-refractivity contribution < 1.29 is 4.74 Å². The quantitative estimate of drug-likeness (QED) is 0.663. The molecule has 1 aromatic carbocycles. The van der Waals surface area contributed by atoms with Crippen LogP contribution in [0.5, 0.6) is 5.75 Å². The first kappa shape index (κ1) is 7.90. The molecule has 2 nitrogen and oxygen atoms in total. The molecule has 0 spiro atoms. The zero-order valence-electron chi connectivity index (χ0n) is 6.59. The molecule has 64 valence electrons. The van der Waals surface area contributed by atoms with E-state index in [2.05, 4.69) is 0 Å². The van der Waals surface area contributed by atoms with Crippen molar-refractivity contribution in [2.75, 3.05) is 6.61 Å². The van der Waals surface area contributed by atoms with E-state index in [0.29, 0.717) is 11.6 Å². The molecule has 2 N–H and O–H groups in total. The fraction of sp³-hybridized carbons (Fsp3) is 0.333. The van der Waals surface area contributed by atoms with E-state index in [1.807, 2.05) is 18.2 Å². The van der Waals surface area contributed by atoms with Crippen molar-refractivity contribution >= 4 is 11.6 Å². The summed E-state index contributed by atoms with van der Waals surface area (Å²) in [5.41, 5.74) is 6.88. The predicted octanol–water partition coefficient (Wildman–Crippen LogP) is 1.60. The van der Waals surface area contributed by atoms with E-state index in [-0.39, 0.29) is 6.04 Å². The van der Waals surface area contributed by atoms with Gasteiger partial charge in [0.2, 0.25) is 0 Å². The molecule has 0 saturated carbocycles. The summed E-state index contributed by atoms with van der Waals surface area (Å²) in [6, 6.07) is 5.79. The van der Waals surface area contributed by atoms with Crippen molar-refractivity contribution in [3.63, 3.8) is 0 Å². The summed E-state index contributed by atoms with van der Waals surface area (Å²) in [6.07, 6.45) is 0.881. The van der Waals surface area contributed by atoms with Gasteiger partial charge in [-0.05, 0) is 24.1 Å². The van der Waals surface area contributed by atoms with Crippen LogP contribution < -0.4 is 10.5 Å². The summed E-state index contributed by atoms with van der Waals surface area (Å²) in [5, 5.41) is 0.712. The van der Waals surface area contributed by atoms with Crippen molar-refractivity contribution in [2.24, 2.45) is 5.73 Å². The molecule has 1 atom stereocenters. The smallest absolute Gasteiger partial charge is 0.124 e. The van der Waals surface area contributed by atoms with Gasteiger partial charge in [-0.1, -0.05) is 17.7 Å². The highest BCUT2D eigenvalue weighted by molar-refractivity contribution is 6.30. The molecular weight excluding hydrogens is 174 g/mol. The van der Waals surface area contributed by atoms with Crippen molar-refractivity contribution in [1.82, 2.24) is 0 Å². The van der Waals surface area contributed by atoms with Gasteiger partial charge in [0.05, 0.1) is 0 Å². The second-order valence-electron chi connectivity index (χ2n) is 3.03. The second-order valence-corrected chi connectivity index (χ2v) is 3.46. The maximum atomic E-state index is 5.80. The number of hydrogen-bond acceptors (Lipinski definition) is 2.